The van der Waals surface area contributed by atoms with E-state index in [2.05, 4.69) is 78.0 Å². The van der Waals surface area contributed by atoms with E-state index in [1.165, 1.54) is 60.4 Å². The number of hydrogen-bond acceptors (Lipinski definition) is 0. The first-order valence-corrected chi connectivity index (χ1v) is 8.89. The van der Waals surface area contributed by atoms with Crippen molar-refractivity contribution in [2.45, 2.75) is 27.4 Å². The molecule has 122 valence electrons. The summed E-state index contributed by atoms with van der Waals surface area (Å²) in [5.74, 6) is 0. The molecule has 0 N–H and O–H groups in total. The maximum absolute atomic E-state index is 2.48. The van der Waals surface area contributed by atoms with Gasteiger partial charge in [-0.05, 0) is 55.5 Å². The lowest BCUT2D eigenvalue weighted by Gasteiger charge is -2.09. The summed E-state index contributed by atoms with van der Waals surface area (Å²) in [6.45, 7) is 7.56. The van der Waals surface area contributed by atoms with Crippen LogP contribution in [0.3, 0.4) is 0 Å². The van der Waals surface area contributed by atoms with Crippen LogP contribution in [0.1, 0.15) is 16.8 Å². The van der Waals surface area contributed by atoms with Crippen molar-refractivity contribution in [3.05, 3.63) is 53.3 Å². The Labute approximate surface area is 145 Å². The molecule has 4 heterocycles. The van der Waals surface area contributed by atoms with Crippen molar-refractivity contribution in [1.82, 2.24) is 9.13 Å². The molecule has 0 atom stereocenters. The second kappa shape index (κ2) is 4.05. The molecule has 5 aromatic rings. The molecule has 1 aliphatic heterocycles. The van der Waals surface area contributed by atoms with E-state index in [1.807, 2.05) is 0 Å². The van der Waals surface area contributed by atoms with Crippen LogP contribution in [0.4, 0.5) is 0 Å². The molecular weight excluding hydrogens is 306 g/mol. The van der Waals surface area contributed by atoms with Crippen molar-refractivity contribution in [3.8, 4) is 0 Å². The van der Waals surface area contributed by atoms with Crippen LogP contribution in [0.15, 0.2) is 36.5 Å². The topological polar surface area (TPSA) is 13.7 Å². The predicted octanol–water partition coefficient (Wildman–Crippen LogP) is 4.47. The zero-order chi connectivity index (χ0) is 17.0. The predicted molar refractivity (Wildman–Crippen MR) is 103 cm³/mol. The summed E-state index contributed by atoms with van der Waals surface area (Å²) in [6, 6.07) is 11.5. The first-order valence-electron chi connectivity index (χ1n) is 8.89. The molecule has 0 saturated carbocycles. The van der Waals surface area contributed by atoms with Gasteiger partial charge in [0.1, 0.15) is 5.52 Å². The van der Waals surface area contributed by atoms with Crippen molar-refractivity contribution in [1.29, 1.82) is 0 Å². The van der Waals surface area contributed by atoms with Gasteiger partial charge in [-0.15, -0.1) is 0 Å². The molecule has 0 spiro atoms. The molecule has 25 heavy (non-hydrogen) atoms. The number of hydrogen-bond donors (Lipinski definition) is 0. The first-order chi connectivity index (χ1) is 12.1. The van der Waals surface area contributed by atoms with Crippen LogP contribution in [0.5, 0.6) is 0 Å². The highest BCUT2D eigenvalue weighted by atomic mass is 15.2. The van der Waals surface area contributed by atoms with Crippen LogP contribution in [0, 0.1) is 20.8 Å². The van der Waals surface area contributed by atoms with E-state index in [9.17, 15) is 0 Å². The molecule has 0 radical (unpaired) electrons. The number of pyridine rings is 1. The second-order valence-corrected chi connectivity index (χ2v) is 7.59. The Morgan fingerprint density at radius 2 is 1.76 bits per heavy atom. The maximum Gasteiger partial charge on any atom is 0.241 e. The van der Waals surface area contributed by atoms with Gasteiger partial charge >= 0.3 is 0 Å². The third kappa shape index (κ3) is 1.38. The largest absolute Gasteiger partial charge is 0.338 e. The van der Waals surface area contributed by atoms with E-state index >= 15 is 0 Å². The standard InChI is InChI=1S/C22H20N3/c1-12-7-8-24-11-25-14(3)10-15-9-13(2)16-5-6-17-19(18(16)21(15)25)22(24)20(12)23(17)4/h5-10H,11H2,1-4H3/q+1. The smallest absolute Gasteiger partial charge is 0.241 e. The molecule has 3 aromatic heterocycles. The van der Waals surface area contributed by atoms with Gasteiger partial charge in [-0.2, -0.15) is 4.57 Å². The van der Waals surface area contributed by atoms with E-state index in [1.54, 1.807) is 0 Å². The molecule has 0 unspecified atom stereocenters. The van der Waals surface area contributed by atoms with Crippen LogP contribution in [-0.2, 0) is 13.7 Å². The number of aromatic nitrogens is 3. The molecule has 0 amide bonds. The Kier molecular flexibility index (Phi) is 2.18. The molecule has 0 aliphatic carbocycles. The third-order valence-corrected chi connectivity index (χ3v) is 6.17. The average molecular weight is 326 g/mol. The van der Waals surface area contributed by atoms with Gasteiger partial charge < -0.3 is 4.57 Å². The van der Waals surface area contributed by atoms with E-state index in [4.69, 9.17) is 0 Å². The molecule has 0 saturated heterocycles. The number of nitrogens with zero attached hydrogens (tertiary/aromatic N) is 3. The third-order valence-electron chi connectivity index (χ3n) is 6.17. The zero-order valence-electron chi connectivity index (χ0n) is 15.0. The maximum atomic E-state index is 2.48. The number of aryl methyl sites for hydroxylation is 4. The highest BCUT2D eigenvalue weighted by Gasteiger charge is 2.28. The summed E-state index contributed by atoms with van der Waals surface area (Å²) in [7, 11) is 2.20. The summed E-state index contributed by atoms with van der Waals surface area (Å²) < 4.78 is 7.27. The molecule has 0 bridgehead atoms. The minimum atomic E-state index is 0.873. The molecule has 2 aromatic carbocycles. The van der Waals surface area contributed by atoms with Gasteiger partial charge in [-0.1, -0.05) is 6.07 Å². The van der Waals surface area contributed by atoms with Crippen LogP contribution >= 0.6 is 0 Å². The van der Waals surface area contributed by atoms with E-state index in [0.29, 0.717) is 0 Å². The molecular formula is C22H20N3+. The van der Waals surface area contributed by atoms with Crippen molar-refractivity contribution in [2.75, 3.05) is 0 Å². The van der Waals surface area contributed by atoms with Crippen molar-refractivity contribution >= 4 is 43.6 Å². The van der Waals surface area contributed by atoms with Gasteiger partial charge in [0.15, 0.2) is 6.20 Å². The molecule has 1 aliphatic rings. The monoisotopic (exact) mass is 326 g/mol. The van der Waals surface area contributed by atoms with Gasteiger partial charge in [0.25, 0.3) is 0 Å². The number of rotatable bonds is 0. The van der Waals surface area contributed by atoms with Gasteiger partial charge in [0, 0.05) is 29.6 Å². The molecule has 3 heteroatoms. The molecule has 0 fully saturated rings. The van der Waals surface area contributed by atoms with Crippen LogP contribution in [0.2, 0.25) is 0 Å². The van der Waals surface area contributed by atoms with E-state index in [0.717, 1.165) is 6.67 Å². The van der Waals surface area contributed by atoms with Crippen molar-refractivity contribution in [3.63, 3.8) is 0 Å². The average Bonchev–Trinajstić information content (AvgIpc) is 2.99. The van der Waals surface area contributed by atoms with E-state index in [-0.39, 0.29) is 0 Å². The van der Waals surface area contributed by atoms with Crippen molar-refractivity contribution in [2.24, 2.45) is 7.05 Å². The number of benzene rings is 2. The van der Waals surface area contributed by atoms with Crippen molar-refractivity contribution < 1.29 is 4.57 Å². The van der Waals surface area contributed by atoms with E-state index < -0.39 is 0 Å². The summed E-state index contributed by atoms with van der Waals surface area (Å²) >= 11 is 0. The lowest BCUT2D eigenvalue weighted by atomic mass is 9.99. The van der Waals surface area contributed by atoms with Gasteiger partial charge in [-0.3, -0.25) is 4.57 Å². The lowest BCUT2D eigenvalue weighted by Crippen LogP contribution is -2.37. The highest BCUT2D eigenvalue weighted by Crippen LogP contribution is 2.40. The first kappa shape index (κ1) is 13.5. The fourth-order valence-corrected chi connectivity index (χ4v) is 5.03. The fourth-order valence-electron chi connectivity index (χ4n) is 5.03. The SMILES string of the molecule is Cc1cc2cc(C)n3c2c2c1ccc1c2c2c(c(C)cc[n+]2C3)n1C. The summed E-state index contributed by atoms with van der Waals surface area (Å²) in [4.78, 5) is 0. The summed E-state index contributed by atoms with van der Waals surface area (Å²) in [5, 5.41) is 5.56. The minimum Gasteiger partial charge on any atom is -0.338 e. The van der Waals surface area contributed by atoms with Crippen LogP contribution < -0.4 is 4.57 Å². The van der Waals surface area contributed by atoms with Gasteiger partial charge in [0.05, 0.1) is 16.4 Å². The van der Waals surface area contributed by atoms with Crippen LogP contribution in [0.25, 0.3) is 43.6 Å². The minimum absolute atomic E-state index is 0.873. The molecule has 3 nitrogen and oxygen atoms in total. The lowest BCUT2D eigenvalue weighted by molar-refractivity contribution is -0.674. The van der Waals surface area contributed by atoms with Gasteiger partial charge in [-0.25, -0.2) is 0 Å². The van der Waals surface area contributed by atoms with Gasteiger partial charge in [0.2, 0.25) is 12.2 Å². The quantitative estimate of drug-likeness (QED) is 0.366. The normalized spacial score (nSPS) is 13.4. The molecule has 6 rings (SSSR count). The Bertz CT molecular complexity index is 1400. The fraction of sp³-hybridized carbons (Fsp3) is 0.227. The Morgan fingerprint density at radius 3 is 2.60 bits per heavy atom. The summed E-state index contributed by atoms with van der Waals surface area (Å²) in [6.07, 6.45) is 2.25. The zero-order valence-corrected chi connectivity index (χ0v) is 15.0. The Hall–Kier alpha value is -2.81. The highest BCUT2D eigenvalue weighted by molar-refractivity contribution is 6.26. The van der Waals surface area contributed by atoms with Crippen LogP contribution in [-0.4, -0.2) is 9.13 Å². The Balaban J connectivity index is 2.11. The Morgan fingerprint density at radius 1 is 0.920 bits per heavy atom. The summed E-state index contributed by atoms with van der Waals surface area (Å²) in [5.41, 5.74) is 9.46. The second-order valence-electron chi connectivity index (χ2n) is 7.59.